The summed E-state index contributed by atoms with van der Waals surface area (Å²) in [7, 11) is 1.61. The Morgan fingerprint density at radius 1 is 1.25 bits per heavy atom. The number of aromatic nitrogens is 2. The number of nitrogens with two attached hydrogens (primary N) is 1. The molecule has 2 rings (SSSR count). The smallest absolute Gasteiger partial charge is 0.221 e. The Hall–Kier alpha value is -1.82. The van der Waals surface area contributed by atoms with Crippen molar-refractivity contribution < 1.29 is 9.47 Å². The van der Waals surface area contributed by atoms with Crippen molar-refractivity contribution in [3.63, 3.8) is 0 Å². The van der Waals surface area contributed by atoms with Gasteiger partial charge in [-0.05, 0) is 40.5 Å². The molecule has 2 aromatic rings. The topological polar surface area (TPSA) is 70.3 Å². The van der Waals surface area contributed by atoms with E-state index in [1.165, 1.54) is 0 Å². The highest BCUT2D eigenvalue weighted by atomic mass is 79.9. The second-order valence-corrected chi connectivity index (χ2v) is 4.93. The van der Waals surface area contributed by atoms with E-state index in [4.69, 9.17) is 15.2 Å². The van der Waals surface area contributed by atoms with Gasteiger partial charge in [0.2, 0.25) is 5.95 Å². The summed E-state index contributed by atoms with van der Waals surface area (Å²) in [6.07, 6.45) is 0.923. The molecule has 0 aliphatic carbocycles. The SMILES string of the molecule is CCCOc1cccc(OC)c1-c1cc(Br)nc(N)n1. The first-order valence-electron chi connectivity index (χ1n) is 6.26. The van der Waals surface area contributed by atoms with Gasteiger partial charge >= 0.3 is 0 Å². The molecule has 20 heavy (non-hydrogen) atoms. The fourth-order valence-corrected chi connectivity index (χ4v) is 2.23. The zero-order valence-corrected chi connectivity index (χ0v) is 13.0. The monoisotopic (exact) mass is 337 g/mol. The third-order valence-electron chi connectivity index (χ3n) is 2.64. The largest absolute Gasteiger partial charge is 0.496 e. The molecule has 2 N–H and O–H groups in total. The highest BCUT2D eigenvalue weighted by molar-refractivity contribution is 9.10. The summed E-state index contributed by atoms with van der Waals surface area (Å²) in [5, 5.41) is 0. The molecule has 0 spiro atoms. The van der Waals surface area contributed by atoms with Crippen molar-refractivity contribution in [2.45, 2.75) is 13.3 Å². The zero-order chi connectivity index (χ0) is 14.5. The molecule has 1 heterocycles. The van der Waals surface area contributed by atoms with E-state index in [2.05, 4.69) is 32.8 Å². The number of hydrogen-bond donors (Lipinski definition) is 1. The summed E-state index contributed by atoms with van der Waals surface area (Å²) in [6, 6.07) is 7.42. The van der Waals surface area contributed by atoms with E-state index in [0.717, 1.165) is 17.7 Å². The fraction of sp³-hybridized carbons (Fsp3) is 0.286. The minimum Gasteiger partial charge on any atom is -0.496 e. The van der Waals surface area contributed by atoms with Gasteiger partial charge in [-0.3, -0.25) is 0 Å². The van der Waals surface area contributed by atoms with Crippen LogP contribution in [0.5, 0.6) is 11.5 Å². The van der Waals surface area contributed by atoms with Crippen LogP contribution in [0.3, 0.4) is 0 Å². The number of methoxy groups -OCH3 is 1. The molecule has 1 aromatic carbocycles. The third-order valence-corrected chi connectivity index (χ3v) is 3.04. The molecule has 5 nitrogen and oxygen atoms in total. The van der Waals surface area contributed by atoms with Gasteiger partial charge in [-0.25, -0.2) is 9.97 Å². The van der Waals surface area contributed by atoms with E-state index in [1.54, 1.807) is 13.2 Å². The molecule has 6 heteroatoms. The van der Waals surface area contributed by atoms with Crippen LogP contribution in [-0.2, 0) is 0 Å². The van der Waals surface area contributed by atoms with E-state index in [1.807, 2.05) is 18.2 Å². The van der Waals surface area contributed by atoms with E-state index >= 15 is 0 Å². The lowest BCUT2D eigenvalue weighted by atomic mass is 10.1. The molecule has 0 saturated carbocycles. The lowest BCUT2D eigenvalue weighted by Crippen LogP contribution is -2.02. The van der Waals surface area contributed by atoms with Gasteiger partial charge in [0.25, 0.3) is 0 Å². The van der Waals surface area contributed by atoms with Crippen molar-refractivity contribution in [1.82, 2.24) is 9.97 Å². The van der Waals surface area contributed by atoms with Gasteiger partial charge in [0.05, 0.1) is 25.0 Å². The van der Waals surface area contributed by atoms with Gasteiger partial charge < -0.3 is 15.2 Å². The van der Waals surface area contributed by atoms with Crippen molar-refractivity contribution in [2.24, 2.45) is 0 Å². The first kappa shape index (κ1) is 14.6. The van der Waals surface area contributed by atoms with E-state index in [0.29, 0.717) is 22.7 Å². The van der Waals surface area contributed by atoms with Crippen molar-refractivity contribution in [2.75, 3.05) is 19.5 Å². The van der Waals surface area contributed by atoms with Gasteiger partial charge in [-0.15, -0.1) is 0 Å². The molecule has 0 radical (unpaired) electrons. The number of ether oxygens (including phenoxy) is 2. The van der Waals surface area contributed by atoms with Gasteiger partial charge in [-0.1, -0.05) is 13.0 Å². The van der Waals surface area contributed by atoms with Crippen LogP contribution in [0.4, 0.5) is 5.95 Å². The Kier molecular flexibility index (Phi) is 4.79. The lowest BCUT2D eigenvalue weighted by Gasteiger charge is -2.14. The molecule has 0 atom stereocenters. The molecule has 0 amide bonds. The molecular weight excluding hydrogens is 322 g/mol. The quantitative estimate of drug-likeness (QED) is 0.847. The van der Waals surface area contributed by atoms with Crippen LogP contribution in [0, 0.1) is 0 Å². The van der Waals surface area contributed by atoms with Crippen molar-refractivity contribution in [1.29, 1.82) is 0 Å². The maximum absolute atomic E-state index is 5.77. The fourth-order valence-electron chi connectivity index (χ4n) is 1.83. The van der Waals surface area contributed by atoms with Crippen LogP contribution < -0.4 is 15.2 Å². The lowest BCUT2D eigenvalue weighted by molar-refractivity contribution is 0.316. The number of hydrogen-bond acceptors (Lipinski definition) is 5. The average Bonchev–Trinajstić information content (AvgIpc) is 2.43. The second-order valence-electron chi connectivity index (χ2n) is 4.12. The van der Waals surface area contributed by atoms with Crippen LogP contribution in [-0.4, -0.2) is 23.7 Å². The van der Waals surface area contributed by atoms with Crippen LogP contribution in [0.25, 0.3) is 11.3 Å². The summed E-state index contributed by atoms with van der Waals surface area (Å²) in [5.41, 5.74) is 7.14. The molecule has 0 bridgehead atoms. The zero-order valence-electron chi connectivity index (χ0n) is 11.4. The Bertz CT molecular complexity index is 585. The van der Waals surface area contributed by atoms with Gasteiger partial charge in [-0.2, -0.15) is 0 Å². The highest BCUT2D eigenvalue weighted by Crippen LogP contribution is 2.38. The molecular formula is C14H16BrN3O2. The second kappa shape index (κ2) is 6.56. The third kappa shape index (κ3) is 3.19. The molecule has 0 saturated heterocycles. The predicted octanol–water partition coefficient (Wildman–Crippen LogP) is 3.29. The Labute approximate surface area is 126 Å². The van der Waals surface area contributed by atoms with Gasteiger partial charge in [0, 0.05) is 0 Å². The first-order chi connectivity index (χ1) is 9.65. The minimum atomic E-state index is 0.196. The maximum Gasteiger partial charge on any atom is 0.221 e. The number of nitrogen functional groups attached to an aromatic ring is 1. The van der Waals surface area contributed by atoms with Crippen LogP contribution in [0.2, 0.25) is 0 Å². The maximum atomic E-state index is 5.77. The summed E-state index contributed by atoms with van der Waals surface area (Å²) in [6.45, 7) is 2.68. The van der Waals surface area contributed by atoms with Gasteiger partial charge in [0.1, 0.15) is 16.1 Å². The Balaban J connectivity index is 2.57. The Morgan fingerprint density at radius 2 is 2.00 bits per heavy atom. The average molecular weight is 338 g/mol. The van der Waals surface area contributed by atoms with Crippen molar-refractivity contribution >= 4 is 21.9 Å². The number of nitrogens with zero attached hydrogens (tertiary/aromatic N) is 2. The summed E-state index contributed by atoms with van der Waals surface area (Å²) < 4.78 is 11.8. The molecule has 106 valence electrons. The molecule has 0 unspecified atom stereocenters. The number of benzene rings is 1. The predicted molar refractivity (Wildman–Crippen MR) is 81.9 cm³/mol. The van der Waals surface area contributed by atoms with Gasteiger partial charge in [0.15, 0.2) is 0 Å². The summed E-state index contributed by atoms with van der Waals surface area (Å²) in [5.74, 6) is 1.60. The van der Waals surface area contributed by atoms with Crippen LogP contribution in [0.1, 0.15) is 13.3 Å². The Morgan fingerprint density at radius 3 is 2.65 bits per heavy atom. The number of rotatable bonds is 5. The first-order valence-corrected chi connectivity index (χ1v) is 7.05. The number of halogens is 1. The molecule has 1 aromatic heterocycles. The summed E-state index contributed by atoms with van der Waals surface area (Å²) >= 11 is 3.32. The van der Waals surface area contributed by atoms with Crippen LogP contribution in [0.15, 0.2) is 28.9 Å². The minimum absolute atomic E-state index is 0.196. The molecule has 0 aliphatic heterocycles. The molecule has 0 fully saturated rings. The number of anilines is 1. The molecule has 0 aliphatic rings. The van der Waals surface area contributed by atoms with Crippen molar-refractivity contribution in [3.05, 3.63) is 28.9 Å². The highest BCUT2D eigenvalue weighted by Gasteiger charge is 2.15. The normalized spacial score (nSPS) is 10.3. The standard InChI is InChI=1S/C14H16BrN3O2/c1-3-7-20-11-6-4-5-10(19-2)13(11)9-8-12(15)18-14(16)17-9/h4-6,8H,3,7H2,1-2H3,(H2,16,17,18). The summed E-state index contributed by atoms with van der Waals surface area (Å²) in [4.78, 5) is 8.27. The van der Waals surface area contributed by atoms with E-state index in [-0.39, 0.29) is 5.95 Å². The van der Waals surface area contributed by atoms with E-state index < -0.39 is 0 Å². The van der Waals surface area contributed by atoms with E-state index in [9.17, 15) is 0 Å². The van der Waals surface area contributed by atoms with Crippen LogP contribution >= 0.6 is 15.9 Å². The van der Waals surface area contributed by atoms with Crippen molar-refractivity contribution in [3.8, 4) is 22.8 Å².